The Morgan fingerprint density at radius 1 is 0.723 bits per heavy atom. The number of carboxylic acid groups (broad SMARTS) is 3. The molecule has 0 spiro atoms. The van der Waals surface area contributed by atoms with Crippen molar-refractivity contribution < 1.29 is 53.7 Å². The summed E-state index contributed by atoms with van der Waals surface area (Å²) in [5.74, 6) is -5.15. The molecule has 1 aliphatic rings. The number of nitrogens with one attached hydrogen (secondary N) is 5. The summed E-state index contributed by atoms with van der Waals surface area (Å²) in [5, 5.41) is 39.5. The molecule has 0 heterocycles. The molecular weight excluding hydrogens is 620 g/mol. The third-order valence-electron chi connectivity index (χ3n) is 7.68. The van der Waals surface area contributed by atoms with Gasteiger partial charge in [-0.2, -0.15) is 0 Å². The van der Waals surface area contributed by atoms with E-state index in [-0.39, 0.29) is 55.9 Å². The first-order valence-corrected chi connectivity index (χ1v) is 15.7. The van der Waals surface area contributed by atoms with E-state index in [2.05, 4.69) is 33.2 Å². The van der Waals surface area contributed by atoms with Crippen LogP contribution in [0.25, 0.3) is 0 Å². The van der Waals surface area contributed by atoms with Crippen molar-refractivity contribution in [2.45, 2.75) is 95.6 Å². The maximum atomic E-state index is 12.5. The van der Waals surface area contributed by atoms with Gasteiger partial charge in [0.15, 0.2) is 0 Å². The zero-order chi connectivity index (χ0) is 35.4. The molecule has 0 saturated heterocycles. The molecule has 1 rings (SSSR count). The molecule has 17 nitrogen and oxygen atoms in total. The molecule has 6 amide bonds. The van der Waals surface area contributed by atoms with Gasteiger partial charge in [-0.1, -0.05) is 13.0 Å². The van der Waals surface area contributed by atoms with Gasteiger partial charge in [0.1, 0.15) is 12.1 Å². The Hall–Kier alpha value is -4.70. The van der Waals surface area contributed by atoms with Crippen molar-refractivity contribution in [1.29, 1.82) is 0 Å². The SMILES string of the molecule is C=C(CNC(=O)CCCCCNC(=O)C1CCC(CNC(=O)CCC(NC(=O)NC(CCC(=O)O)C(N)=O)C(=O)O)CC1)CC(=O)O. The smallest absolute Gasteiger partial charge is 0.326 e. The highest BCUT2D eigenvalue weighted by Gasteiger charge is 2.27. The van der Waals surface area contributed by atoms with E-state index in [1.54, 1.807) is 0 Å². The van der Waals surface area contributed by atoms with E-state index >= 15 is 0 Å². The van der Waals surface area contributed by atoms with Crippen molar-refractivity contribution in [3.8, 4) is 0 Å². The van der Waals surface area contributed by atoms with Gasteiger partial charge in [0.05, 0.1) is 6.42 Å². The molecular formula is C30H48N6O11. The molecule has 0 aromatic carbocycles. The molecule has 0 aromatic rings. The highest BCUT2D eigenvalue weighted by Crippen LogP contribution is 2.28. The molecule has 1 aliphatic carbocycles. The van der Waals surface area contributed by atoms with Crippen LogP contribution in [-0.2, 0) is 33.6 Å². The Morgan fingerprint density at radius 3 is 1.94 bits per heavy atom. The van der Waals surface area contributed by atoms with Crippen LogP contribution in [0, 0.1) is 11.8 Å². The van der Waals surface area contributed by atoms with Gasteiger partial charge in [0.2, 0.25) is 23.6 Å². The van der Waals surface area contributed by atoms with Gasteiger partial charge in [-0.3, -0.25) is 28.8 Å². The number of aliphatic carboxylic acids is 3. The molecule has 0 aromatic heterocycles. The molecule has 264 valence electrons. The topological polar surface area (TPSA) is 283 Å². The number of primary amides is 1. The van der Waals surface area contributed by atoms with Gasteiger partial charge in [-0.05, 0) is 62.9 Å². The summed E-state index contributed by atoms with van der Waals surface area (Å²) < 4.78 is 0. The lowest BCUT2D eigenvalue weighted by molar-refractivity contribution is -0.140. The van der Waals surface area contributed by atoms with Crippen molar-refractivity contribution in [2.75, 3.05) is 19.6 Å². The number of amides is 6. The van der Waals surface area contributed by atoms with Crippen LogP contribution in [0.3, 0.4) is 0 Å². The number of hydrogen-bond donors (Lipinski definition) is 9. The first-order valence-electron chi connectivity index (χ1n) is 15.7. The molecule has 0 bridgehead atoms. The van der Waals surface area contributed by atoms with Crippen LogP contribution in [0.2, 0.25) is 0 Å². The fourth-order valence-corrected chi connectivity index (χ4v) is 4.95. The van der Waals surface area contributed by atoms with Crippen LogP contribution < -0.4 is 32.3 Å². The number of nitrogens with two attached hydrogens (primary N) is 1. The van der Waals surface area contributed by atoms with Crippen LogP contribution in [0.15, 0.2) is 12.2 Å². The molecule has 0 aliphatic heterocycles. The van der Waals surface area contributed by atoms with Gasteiger partial charge in [0, 0.05) is 44.8 Å². The van der Waals surface area contributed by atoms with Crippen molar-refractivity contribution in [1.82, 2.24) is 26.6 Å². The van der Waals surface area contributed by atoms with E-state index in [1.165, 1.54) is 0 Å². The second-order valence-electron chi connectivity index (χ2n) is 11.7. The molecule has 2 atom stereocenters. The summed E-state index contributed by atoms with van der Waals surface area (Å²) in [6, 6.07) is -3.79. The van der Waals surface area contributed by atoms with E-state index in [4.69, 9.17) is 15.9 Å². The average Bonchev–Trinajstić information content (AvgIpc) is 3.00. The van der Waals surface area contributed by atoms with Crippen LogP contribution in [0.1, 0.15) is 83.5 Å². The molecule has 0 radical (unpaired) electrons. The summed E-state index contributed by atoms with van der Waals surface area (Å²) in [6.45, 7) is 4.59. The lowest BCUT2D eigenvalue weighted by Crippen LogP contribution is -2.52. The summed E-state index contributed by atoms with van der Waals surface area (Å²) in [7, 11) is 0. The Morgan fingerprint density at radius 2 is 1.34 bits per heavy atom. The minimum Gasteiger partial charge on any atom is -0.481 e. The van der Waals surface area contributed by atoms with Crippen LogP contribution in [0.5, 0.6) is 0 Å². The van der Waals surface area contributed by atoms with Gasteiger partial charge in [-0.15, -0.1) is 0 Å². The minimum atomic E-state index is -1.44. The highest BCUT2D eigenvalue weighted by molar-refractivity contribution is 5.88. The Labute approximate surface area is 272 Å². The number of carbonyl (C=O) groups is 8. The molecule has 1 fully saturated rings. The molecule has 17 heteroatoms. The first kappa shape index (κ1) is 40.3. The van der Waals surface area contributed by atoms with Crippen LogP contribution in [0.4, 0.5) is 4.79 Å². The predicted octanol–water partition coefficient (Wildman–Crippen LogP) is -0.0160. The fourth-order valence-electron chi connectivity index (χ4n) is 4.95. The van der Waals surface area contributed by atoms with E-state index in [9.17, 15) is 43.5 Å². The van der Waals surface area contributed by atoms with Crippen molar-refractivity contribution >= 4 is 47.6 Å². The summed E-state index contributed by atoms with van der Waals surface area (Å²) in [5.41, 5.74) is 5.58. The maximum Gasteiger partial charge on any atom is 0.326 e. The molecule has 2 unspecified atom stereocenters. The lowest BCUT2D eigenvalue weighted by Gasteiger charge is -2.28. The van der Waals surface area contributed by atoms with E-state index in [1.807, 2.05) is 0 Å². The quantitative estimate of drug-likeness (QED) is 0.0515. The molecule has 10 N–H and O–H groups in total. The Balaban J connectivity index is 2.24. The number of urea groups is 1. The number of carbonyl (C=O) groups excluding carboxylic acids is 5. The minimum absolute atomic E-state index is 0.0255. The monoisotopic (exact) mass is 668 g/mol. The number of hydrogen-bond acceptors (Lipinski definition) is 8. The van der Waals surface area contributed by atoms with E-state index in [0.29, 0.717) is 44.3 Å². The lowest BCUT2D eigenvalue weighted by atomic mass is 9.81. The van der Waals surface area contributed by atoms with E-state index < -0.39 is 54.3 Å². The Bertz CT molecular complexity index is 1140. The predicted molar refractivity (Wildman–Crippen MR) is 167 cm³/mol. The second-order valence-corrected chi connectivity index (χ2v) is 11.7. The zero-order valence-electron chi connectivity index (χ0n) is 26.5. The van der Waals surface area contributed by atoms with Crippen LogP contribution >= 0.6 is 0 Å². The van der Waals surface area contributed by atoms with Crippen molar-refractivity contribution in [3.63, 3.8) is 0 Å². The third-order valence-corrected chi connectivity index (χ3v) is 7.68. The number of rotatable bonds is 23. The summed E-state index contributed by atoms with van der Waals surface area (Å²) >= 11 is 0. The normalized spacial score (nSPS) is 16.9. The van der Waals surface area contributed by atoms with Gasteiger partial charge in [0.25, 0.3) is 0 Å². The first-order chi connectivity index (χ1) is 22.2. The van der Waals surface area contributed by atoms with E-state index in [0.717, 1.165) is 25.7 Å². The van der Waals surface area contributed by atoms with Crippen molar-refractivity contribution in [3.05, 3.63) is 12.2 Å². The maximum absolute atomic E-state index is 12.5. The molecule has 1 saturated carbocycles. The highest BCUT2D eigenvalue weighted by atomic mass is 16.4. The van der Waals surface area contributed by atoms with Gasteiger partial charge >= 0.3 is 23.9 Å². The number of carboxylic acids is 3. The van der Waals surface area contributed by atoms with Gasteiger partial charge < -0.3 is 47.6 Å². The van der Waals surface area contributed by atoms with Crippen LogP contribution in [-0.4, -0.2) is 94.6 Å². The Kier molecular flexibility index (Phi) is 18.8. The summed E-state index contributed by atoms with van der Waals surface area (Å²) in [4.78, 5) is 93.2. The van der Waals surface area contributed by atoms with Crippen molar-refractivity contribution in [2.24, 2.45) is 17.6 Å². The third kappa shape index (κ3) is 18.8. The second kappa shape index (κ2) is 21.9. The standard InChI is InChI=1S/C30H48N6O11/c1-18(15-26(41)42)16-33-23(37)5-3-2-4-14-32-28(44)20-8-6-19(7-9-20)17-34-24(38)12-10-22(29(45)46)36-30(47)35-21(27(31)43)11-13-25(39)40/h19-22H,1-17H2,(H2,31,43)(H,32,44)(H,33,37)(H,34,38)(H,39,40)(H,41,42)(H,45,46)(H2,35,36,47). The largest absolute Gasteiger partial charge is 0.481 e. The average molecular weight is 669 g/mol. The summed E-state index contributed by atoms with van der Waals surface area (Å²) in [6.07, 6.45) is 3.88. The molecule has 47 heavy (non-hydrogen) atoms. The fraction of sp³-hybridized carbons (Fsp3) is 0.667. The van der Waals surface area contributed by atoms with Gasteiger partial charge in [-0.25, -0.2) is 9.59 Å². The zero-order valence-corrected chi connectivity index (χ0v) is 26.5. The number of unbranched alkanes of at least 4 members (excludes halogenated alkanes) is 2.